The Morgan fingerprint density at radius 2 is 1.44 bits per heavy atom. The van der Waals surface area contributed by atoms with Crippen molar-refractivity contribution < 1.29 is 0 Å². The van der Waals surface area contributed by atoms with Crippen LogP contribution in [0.3, 0.4) is 0 Å². The van der Waals surface area contributed by atoms with Gasteiger partial charge in [-0.15, -0.1) is 0 Å². The van der Waals surface area contributed by atoms with Crippen molar-refractivity contribution in [3.63, 3.8) is 0 Å². The summed E-state index contributed by atoms with van der Waals surface area (Å²) in [4.78, 5) is 14.5. The second-order valence-corrected chi connectivity index (χ2v) is 3.90. The maximum Gasteiger partial charge on any atom is 0.198 e. The molecule has 0 saturated carbocycles. The fraction of sp³-hybridized carbons (Fsp3) is 0.200. The second kappa shape index (κ2) is 2.88. The molecule has 0 fully saturated rings. The molecule has 1 aliphatic rings. The Balaban J connectivity index is 2.22. The number of nitrogens with zero attached hydrogens (tertiary/aromatic N) is 2. The van der Waals surface area contributed by atoms with E-state index in [0.717, 1.165) is 22.8 Å². The summed E-state index contributed by atoms with van der Waals surface area (Å²) in [5.41, 5.74) is 15.0. The van der Waals surface area contributed by atoms with Crippen LogP contribution in [0.2, 0.25) is 0 Å². The van der Waals surface area contributed by atoms with Crippen LogP contribution in [-0.4, -0.2) is 19.9 Å². The van der Waals surface area contributed by atoms with Crippen molar-refractivity contribution in [2.45, 2.75) is 12.8 Å². The molecule has 0 spiro atoms. The number of hydrogen-bond donors (Lipinski definition) is 4. The molecule has 6 nitrogen and oxygen atoms in total. The monoisotopic (exact) mass is 216 g/mol. The van der Waals surface area contributed by atoms with E-state index in [4.69, 9.17) is 11.5 Å². The van der Waals surface area contributed by atoms with E-state index in [0.29, 0.717) is 11.9 Å². The first kappa shape index (κ1) is 9.02. The van der Waals surface area contributed by atoms with Gasteiger partial charge in [0.1, 0.15) is 0 Å². The van der Waals surface area contributed by atoms with E-state index in [1.807, 2.05) is 12.2 Å². The van der Waals surface area contributed by atoms with E-state index in [1.165, 1.54) is 0 Å². The summed E-state index contributed by atoms with van der Waals surface area (Å²) in [7, 11) is 0. The van der Waals surface area contributed by atoms with Crippen LogP contribution >= 0.6 is 0 Å². The molecule has 0 aliphatic heterocycles. The van der Waals surface area contributed by atoms with Crippen molar-refractivity contribution in [1.82, 2.24) is 19.9 Å². The van der Waals surface area contributed by atoms with E-state index in [1.54, 1.807) is 0 Å². The van der Waals surface area contributed by atoms with Gasteiger partial charge in [0.25, 0.3) is 0 Å². The van der Waals surface area contributed by atoms with Gasteiger partial charge in [0.15, 0.2) is 11.9 Å². The van der Waals surface area contributed by atoms with Crippen LogP contribution in [0.1, 0.15) is 35.6 Å². The van der Waals surface area contributed by atoms with Gasteiger partial charge >= 0.3 is 0 Å². The Morgan fingerprint density at radius 1 is 1.00 bits per heavy atom. The van der Waals surface area contributed by atoms with Gasteiger partial charge in [-0.1, -0.05) is 6.92 Å². The molecule has 16 heavy (non-hydrogen) atoms. The van der Waals surface area contributed by atoms with Crippen LogP contribution in [-0.2, 0) is 0 Å². The molecule has 82 valence electrons. The van der Waals surface area contributed by atoms with Crippen molar-refractivity contribution in [2.24, 2.45) is 0 Å². The quantitative estimate of drug-likeness (QED) is 0.525. The number of nitrogen functional groups attached to an aromatic ring is 2. The molecular weight excluding hydrogens is 204 g/mol. The first-order valence-corrected chi connectivity index (χ1v) is 5.04. The van der Waals surface area contributed by atoms with Gasteiger partial charge < -0.3 is 21.4 Å². The molecule has 0 atom stereocenters. The first-order chi connectivity index (χ1) is 7.65. The normalized spacial score (nSPS) is 14.6. The van der Waals surface area contributed by atoms with Crippen molar-refractivity contribution in [1.29, 1.82) is 0 Å². The topological polar surface area (TPSA) is 109 Å². The number of fused-ring (bicyclic) bond motifs is 2. The van der Waals surface area contributed by atoms with Gasteiger partial charge in [-0.3, -0.25) is 0 Å². The van der Waals surface area contributed by atoms with Crippen molar-refractivity contribution >= 4 is 24.0 Å². The Hall–Kier alpha value is -2.24. The van der Waals surface area contributed by atoms with Gasteiger partial charge in [0.2, 0.25) is 0 Å². The van der Waals surface area contributed by atoms with Gasteiger partial charge in [0.05, 0.1) is 22.8 Å². The van der Waals surface area contributed by atoms with Crippen LogP contribution in [0, 0.1) is 0 Å². The van der Waals surface area contributed by atoms with Gasteiger partial charge in [0, 0.05) is 5.92 Å². The Labute approximate surface area is 91.8 Å². The maximum absolute atomic E-state index is 5.65. The summed E-state index contributed by atoms with van der Waals surface area (Å²) >= 11 is 0. The third kappa shape index (κ3) is 1.13. The zero-order valence-corrected chi connectivity index (χ0v) is 8.78. The summed E-state index contributed by atoms with van der Waals surface area (Å²) in [6.45, 7) is 2.06. The molecule has 2 heterocycles. The summed E-state index contributed by atoms with van der Waals surface area (Å²) in [5.74, 6) is 0.976. The molecule has 2 aromatic rings. The Kier molecular flexibility index (Phi) is 1.62. The van der Waals surface area contributed by atoms with E-state index in [2.05, 4.69) is 26.9 Å². The van der Waals surface area contributed by atoms with Crippen LogP contribution in [0.4, 0.5) is 11.9 Å². The molecule has 1 aliphatic carbocycles. The van der Waals surface area contributed by atoms with E-state index in [-0.39, 0.29) is 5.92 Å². The molecule has 0 bridgehead atoms. The largest absolute Gasteiger partial charge is 0.369 e. The third-order valence-electron chi connectivity index (χ3n) is 2.82. The van der Waals surface area contributed by atoms with Crippen LogP contribution in [0.15, 0.2) is 0 Å². The highest BCUT2D eigenvalue weighted by Gasteiger charge is 2.23. The number of nitrogens with one attached hydrogen (secondary N) is 2. The average molecular weight is 216 g/mol. The van der Waals surface area contributed by atoms with E-state index >= 15 is 0 Å². The third-order valence-corrected chi connectivity index (χ3v) is 2.82. The molecule has 0 aromatic carbocycles. The fourth-order valence-electron chi connectivity index (χ4n) is 2.06. The number of aromatic amines is 2. The highest BCUT2D eigenvalue weighted by atomic mass is 15.1. The second-order valence-electron chi connectivity index (χ2n) is 3.90. The number of imidazole rings is 2. The Bertz CT molecular complexity index is 526. The molecule has 0 unspecified atom stereocenters. The smallest absolute Gasteiger partial charge is 0.198 e. The Morgan fingerprint density at radius 3 is 1.88 bits per heavy atom. The van der Waals surface area contributed by atoms with Gasteiger partial charge in [-0.25, -0.2) is 9.97 Å². The molecular formula is C10H12N6. The van der Waals surface area contributed by atoms with Crippen molar-refractivity contribution in [3.05, 3.63) is 22.8 Å². The predicted molar refractivity (Wildman–Crippen MR) is 62.4 cm³/mol. The highest BCUT2D eigenvalue weighted by molar-refractivity contribution is 5.73. The van der Waals surface area contributed by atoms with Gasteiger partial charge in [-0.2, -0.15) is 0 Å². The lowest BCUT2D eigenvalue weighted by atomic mass is 10.0. The summed E-state index contributed by atoms with van der Waals surface area (Å²) in [6, 6.07) is 0. The molecule has 3 rings (SSSR count). The minimum Gasteiger partial charge on any atom is -0.369 e. The molecule has 2 aromatic heterocycles. The predicted octanol–water partition coefficient (Wildman–Crippen LogP) is 0.933. The molecule has 6 N–H and O–H groups in total. The summed E-state index contributed by atoms with van der Waals surface area (Å²) in [5, 5.41) is 0. The lowest BCUT2D eigenvalue weighted by Crippen LogP contribution is -2.00. The van der Waals surface area contributed by atoms with Gasteiger partial charge in [-0.05, 0) is 12.2 Å². The number of aromatic nitrogens is 4. The van der Waals surface area contributed by atoms with E-state index in [9.17, 15) is 0 Å². The summed E-state index contributed by atoms with van der Waals surface area (Å²) in [6.07, 6.45) is 3.79. The number of rotatable bonds is 0. The minimum atomic E-state index is 0.120. The SMILES string of the molecule is CC1c2[nH]c(N)nc2C=Cc2nc(N)[nH]c21. The van der Waals surface area contributed by atoms with Crippen LogP contribution < -0.4 is 11.5 Å². The number of anilines is 2. The zero-order chi connectivity index (χ0) is 11.3. The number of nitrogens with two attached hydrogens (primary N) is 2. The number of hydrogen-bond acceptors (Lipinski definition) is 4. The fourth-order valence-corrected chi connectivity index (χ4v) is 2.06. The standard InChI is InChI=1S/C10H12N6/c1-4-7-5(13-9(11)15-7)2-3-6-8(4)16-10(12)14-6/h2-4H,1H3,(H3,11,13,15)(H3,12,14,16). The number of H-pyrrole nitrogens is 2. The highest BCUT2D eigenvalue weighted by Crippen LogP contribution is 2.32. The average Bonchev–Trinajstić information content (AvgIpc) is 2.75. The van der Waals surface area contributed by atoms with Crippen molar-refractivity contribution in [2.75, 3.05) is 11.5 Å². The minimum absolute atomic E-state index is 0.120. The maximum atomic E-state index is 5.65. The van der Waals surface area contributed by atoms with Crippen molar-refractivity contribution in [3.8, 4) is 0 Å². The lowest BCUT2D eigenvalue weighted by molar-refractivity contribution is 0.850. The van der Waals surface area contributed by atoms with Crippen LogP contribution in [0.25, 0.3) is 12.2 Å². The molecule has 6 heteroatoms. The van der Waals surface area contributed by atoms with Crippen LogP contribution in [0.5, 0.6) is 0 Å². The molecule has 0 amide bonds. The zero-order valence-electron chi connectivity index (χ0n) is 8.78. The lowest BCUT2D eigenvalue weighted by Gasteiger charge is -2.07. The van der Waals surface area contributed by atoms with E-state index < -0.39 is 0 Å². The molecule has 0 radical (unpaired) electrons. The first-order valence-electron chi connectivity index (χ1n) is 5.04. The summed E-state index contributed by atoms with van der Waals surface area (Å²) < 4.78 is 0. The molecule has 0 saturated heterocycles.